The van der Waals surface area contributed by atoms with Crippen molar-refractivity contribution in [3.8, 4) is 5.75 Å². The van der Waals surface area contributed by atoms with E-state index in [1.807, 2.05) is 33.9 Å². The van der Waals surface area contributed by atoms with E-state index in [0.717, 1.165) is 11.3 Å². The van der Waals surface area contributed by atoms with Crippen molar-refractivity contribution < 1.29 is 9.84 Å². The molecule has 3 heteroatoms. The van der Waals surface area contributed by atoms with Crippen LogP contribution in [0.25, 0.3) is 0 Å². The summed E-state index contributed by atoms with van der Waals surface area (Å²) in [5.41, 5.74) is 1.56. The number of hydrogen-bond acceptors (Lipinski definition) is 3. The van der Waals surface area contributed by atoms with Crippen LogP contribution >= 0.6 is 0 Å². The maximum absolute atomic E-state index is 10.3. The summed E-state index contributed by atoms with van der Waals surface area (Å²) in [6.07, 6.45) is 1.40. The van der Waals surface area contributed by atoms with Gasteiger partial charge in [-0.2, -0.15) is 0 Å². The molecular formula is C16H27NO2. The number of aliphatic hydroxyl groups is 1. The minimum Gasteiger partial charge on any atom is -0.490 e. The molecule has 0 aliphatic heterocycles. The van der Waals surface area contributed by atoms with Gasteiger partial charge in [0.25, 0.3) is 0 Å². The van der Waals surface area contributed by atoms with Crippen LogP contribution in [0.15, 0.2) is 18.2 Å². The molecule has 108 valence electrons. The second kappa shape index (κ2) is 6.92. The molecule has 0 saturated heterocycles. The molecule has 0 bridgehead atoms. The van der Waals surface area contributed by atoms with E-state index < -0.39 is 5.60 Å². The lowest BCUT2D eigenvalue weighted by Gasteiger charge is -2.26. The zero-order chi connectivity index (χ0) is 14.5. The maximum Gasteiger partial charge on any atom is 0.124 e. The zero-order valence-corrected chi connectivity index (χ0v) is 12.8. The molecule has 19 heavy (non-hydrogen) atoms. The summed E-state index contributed by atoms with van der Waals surface area (Å²) in [4.78, 5) is 0. The third kappa shape index (κ3) is 4.22. The predicted molar refractivity (Wildman–Crippen MR) is 79.7 cm³/mol. The van der Waals surface area contributed by atoms with Crippen LogP contribution in [0.5, 0.6) is 5.75 Å². The molecular weight excluding hydrogens is 238 g/mol. The standard InChI is InChI=1S/C16H27NO2/c1-6-16(18,7-2)11-19-15-10-12(3)8-9-14(15)13(4)17-5/h8-10,13,17-18H,6-7,11H2,1-5H3. The largest absolute Gasteiger partial charge is 0.490 e. The summed E-state index contributed by atoms with van der Waals surface area (Å²) < 4.78 is 5.90. The zero-order valence-electron chi connectivity index (χ0n) is 12.8. The fourth-order valence-electron chi connectivity index (χ4n) is 1.95. The summed E-state index contributed by atoms with van der Waals surface area (Å²) in [6.45, 7) is 8.46. The smallest absolute Gasteiger partial charge is 0.124 e. The molecule has 1 unspecified atom stereocenters. The summed E-state index contributed by atoms with van der Waals surface area (Å²) in [5, 5.41) is 13.5. The predicted octanol–water partition coefficient (Wildman–Crippen LogP) is 3.21. The monoisotopic (exact) mass is 265 g/mol. The number of benzene rings is 1. The Morgan fingerprint density at radius 2 is 1.95 bits per heavy atom. The van der Waals surface area contributed by atoms with Crippen LogP contribution in [0.1, 0.15) is 50.8 Å². The van der Waals surface area contributed by atoms with E-state index in [1.165, 1.54) is 5.56 Å². The summed E-state index contributed by atoms with van der Waals surface area (Å²) in [5.74, 6) is 0.863. The molecule has 1 rings (SSSR count). The average molecular weight is 265 g/mol. The van der Waals surface area contributed by atoms with Crippen LogP contribution in [0.4, 0.5) is 0 Å². The van der Waals surface area contributed by atoms with Crippen molar-refractivity contribution in [2.45, 2.75) is 52.2 Å². The molecule has 0 aliphatic rings. The van der Waals surface area contributed by atoms with Gasteiger partial charge in [0, 0.05) is 11.6 Å². The maximum atomic E-state index is 10.3. The Balaban J connectivity index is 2.90. The van der Waals surface area contributed by atoms with Crippen LogP contribution in [0, 0.1) is 6.92 Å². The second-order valence-corrected chi connectivity index (χ2v) is 5.27. The van der Waals surface area contributed by atoms with Crippen molar-refractivity contribution in [1.82, 2.24) is 5.32 Å². The van der Waals surface area contributed by atoms with Crippen LogP contribution < -0.4 is 10.1 Å². The van der Waals surface area contributed by atoms with Gasteiger partial charge in [-0.1, -0.05) is 26.0 Å². The third-order valence-electron chi connectivity index (χ3n) is 3.88. The molecule has 2 N–H and O–H groups in total. The fourth-order valence-corrected chi connectivity index (χ4v) is 1.95. The van der Waals surface area contributed by atoms with Crippen molar-refractivity contribution in [3.05, 3.63) is 29.3 Å². The van der Waals surface area contributed by atoms with Crippen molar-refractivity contribution in [3.63, 3.8) is 0 Å². The highest BCUT2D eigenvalue weighted by molar-refractivity contribution is 5.39. The number of ether oxygens (including phenoxy) is 1. The van der Waals surface area contributed by atoms with Crippen molar-refractivity contribution in [2.24, 2.45) is 0 Å². The van der Waals surface area contributed by atoms with Gasteiger partial charge in [-0.15, -0.1) is 0 Å². The molecule has 3 nitrogen and oxygen atoms in total. The first-order valence-electron chi connectivity index (χ1n) is 7.08. The summed E-state index contributed by atoms with van der Waals surface area (Å²) in [6, 6.07) is 6.44. The van der Waals surface area contributed by atoms with Crippen molar-refractivity contribution in [1.29, 1.82) is 0 Å². The average Bonchev–Trinajstić information content (AvgIpc) is 2.44. The first-order valence-corrected chi connectivity index (χ1v) is 7.08. The Labute approximate surface area is 117 Å². The minimum absolute atomic E-state index is 0.229. The van der Waals surface area contributed by atoms with E-state index in [9.17, 15) is 5.11 Å². The Bertz CT molecular complexity index is 400. The Morgan fingerprint density at radius 3 is 2.47 bits per heavy atom. The second-order valence-electron chi connectivity index (χ2n) is 5.27. The van der Waals surface area contributed by atoms with Gasteiger partial charge in [0.1, 0.15) is 12.4 Å². The molecule has 1 aromatic carbocycles. The van der Waals surface area contributed by atoms with E-state index in [4.69, 9.17) is 4.74 Å². The summed E-state index contributed by atoms with van der Waals surface area (Å²) >= 11 is 0. The molecule has 0 aromatic heterocycles. The number of hydrogen-bond donors (Lipinski definition) is 2. The molecule has 0 aliphatic carbocycles. The van der Waals surface area contributed by atoms with Gasteiger partial charge in [0.15, 0.2) is 0 Å². The summed E-state index contributed by atoms with van der Waals surface area (Å²) in [7, 11) is 1.93. The molecule has 0 heterocycles. The van der Waals surface area contributed by atoms with E-state index in [2.05, 4.69) is 24.4 Å². The quantitative estimate of drug-likeness (QED) is 0.795. The number of nitrogens with one attached hydrogen (secondary N) is 1. The Kier molecular flexibility index (Phi) is 5.83. The van der Waals surface area contributed by atoms with Gasteiger partial charge >= 0.3 is 0 Å². The van der Waals surface area contributed by atoms with Gasteiger partial charge in [-0.3, -0.25) is 0 Å². The normalized spacial score (nSPS) is 13.4. The van der Waals surface area contributed by atoms with Crippen LogP contribution in [0.3, 0.4) is 0 Å². The highest BCUT2D eigenvalue weighted by Crippen LogP contribution is 2.27. The molecule has 1 aromatic rings. The van der Waals surface area contributed by atoms with E-state index in [0.29, 0.717) is 19.4 Å². The first kappa shape index (κ1) is 16.0. The lowest BCUT2D eigenvalue weighted by Crippen LogP contribution is -2.34. The van der Waals surface area contributed by atoms with Gasteiger partial charge in [0.2, 0.25) is 0 Å². The molecule has 0 fully saturated rings. The molecule has 1 atom stereocenters. The fraction of sp³-hybridized carbons (Fsp3) is 0.625. The molecule has 0 saturated carbocycles. The van der Waals surface area contributed by atoms with Crippen LogP contribution in [0.2, 0.25) is 0 Å². The lowest BCUT2D eigenvalue weighted by molar-refractivity contribution is -0.0117. The van der Waals surface area contributed by atoms with Crippen LogP contribution in [-0.4, -0.2) is 24.4 Å². The van der Waals surface area contributed by atoms with Crippen molar-refractivity contribution >= 4 is 0 Å². The van der Waals surface area contributed by atoms with Crippen LogP contribution in [-0.2, 0) is 0 Å². The van der Waals surface area contributed by atoms with Crippen molar-refractivity contribution in [2.75, 3.05) is 13.7 Å². The lowest BCUT2D eigenvalue weighted by atomic mass is 9.99. The Morgan fingerprint density at radius 1 is 1.32 bits per heavy atom. The van der Waals surface area contributed by atoms with Gasteiger partial charge in [0.05, 0.1) is 5.60 Å². The number of rotatable bonds is 7. The SMILES string of the molecule is CCC(O)(CC)COc1cc(C)ccc1C(C)NC. The van der Waals surface area contributed by atoms with E-state index in [-0.39, 0.29) is 6.04 Å². The molecule has 0 spiro atoms. The number of aryl methyl sites for hydroxylation is 1. The highest BCUT2D eigenvalue weighted by Gasteiger charge is 2.24. The third-order valence-corrected chi connectivity index (χ3v) is 3.88. The Hall–Kier alpha value is -1.06. The molecule has 0 radical (unpaired) electrons. The molecule has 0 amide bonds. The first-order chi connectivity index (χ1) is 8.95. The minimum atomic E-state index is -0.732. The van der Waals surface area contributed by atoms with E-state index in [1.54, 1.807) is 0 Å². The highest BCUT2D eigenvalue weighted by atomic mass is 16.5. The topological polar surface area (TPSA) is 41.5 Å². The van der Waals surface area contributed by atoms with E-state index >= 15 is 0 Å². The van der Waals surface area contributed by atoms with Gasteiger partial charge < -0.3 is 15.2 Å². The van der Waals surface area contributed by atoms with Gasteiger partial charge in [-0.05, 0) is 45.4 Å². The van der Waals surface area contributed by atoms with Gasteiger partial charge in [-0.25, -0.2) is 0 Å².